The third kappa shape index (κ3) is 4.89. The van der Waals surface area contributed by atoms with E-state index in [0.29, 0.717) is 36.7 Å². The Morgan fingerprint density at radius 2 is 1.96 bits per heavy atom. The van der Waals surface area contributed by atoms with Gasteiger partial charge in [-0.3, -0.25) is 14.6 Å². The summed E-state index contributed by atoms with van der Waals surface area (Å²) in [4.78, 5) is 28.0. The van der Waals surface area contributed by atoms with Gasteiger partial charge in [-0.2, -0.15) is 0 Å². The summed E-state index contributed by atoms with van der Waals surface area (Å²) in [6, 6.07) is 3.07. The number of rotatable bonds is 7. The maximum atomic E-state index is 12.1. The third-order valence-corrected chi connectivity index (χ3v) is 2.94. The van der Waals surface area contributed by atoms with Gasteiger partial charge in [-0.15, -0.1) is 0 Å². The van der Waals surface area contributed by atoms with Crippen molar-refractivity contribution in [3.63, 3.8) is 0 Å². The number of aromatic nitrogens is 2. The maximum Gasteiger partial charge on any atom is 0.258 e. The molecule has 2 N–H and O–H groups in total. The van der Waals surface area contributed by atoms with Crippen molar-refractivity contribution in [1.29, 1.82) is 0 Å². The van der Waals surface area contributed by atoms with Crippen LogP contribution in [0.4, 0.5) is 5.82 Å². The first-order valence-electron chi connectivity index (χ1n) is 7.07. The summed E-state index contributed by atoms with van der Waals surface area (Å²) in [6.07, 6.45) is 3.49. The SMILES string of the molecule is COCCCNC(=O)c1cncc(C(=O)Nc2cc(C)on2)c1. The van der Waals surface area contributed by atoms with Crippen LogP contribution in [0.3, 0.4) is 0 Å². The van der Waals surface area contributed by atoms with E-state index in [0.717, 1.165) is 0 Å². The molecule has 0 aliphatic rings. The molecule has 0 fully saturated rings. The Labute approximate surface area is 133 Å². The highest BCUT2D eigenvalue weighted by molar-refractivity contribution is 6.05. The highest BCUT2D eigenvalue weighted by atomic mass is 16.5. The fraction of sp³-hybridized carbons (Fsp3) is 0.333. The molecule has 2 aromatic rings. The molecule has 2 rings (SSSR count). The quantitative estimate of drug-likeness (QED) is 0.747. The molecule has 0 saturated heterocycles. The molecule has 2 amide bonds. The van der Waals surface area contributed by atoms with Crippen LogP contribution in [-0.4, -0.2) is 42.2 Å². The number of nitrogens with zero attached hydrogens (tertiary/aromatic N) is 2. The van der Waals surface area contributed by atoms with Gasteiger partial charge in [0, 0.05) is 38.7 Å². The zero-order chi connectivity index (χ0) is 16.7. The van der Waals surface area contributed by atoms with E-state index >= 15 is 0 Å². The van der Waals surface area contributed by atoms with E-state index < -0.39 is 5.91 Å². The fourth-order valence-electron chi connectivity index (χ4n) is 1.82. The van der Waals surface area contributed by atoms with Crippen LogP contribution in [0.5, 0.6) is 0 Å². The van der Waals surface area contributed by atoms with Crippen LogP contribution in [0.25, 0.3) is 0 Å². The van der Waals surface area contributed by atoms with E-state index in [2.05, 4.69) is 20.8 Å². The van der Waals surface area contributed by atoms with Crippen molar-refractivity contribution >= 4 is 17.6 Å². The summed E-state index contributed by atoms with van der Waals surface area (Å²) < 4.78 is 9.78. The molecular weight excluding hydrogens is 300 g/mol. The second-order valence-corrected chi connectivity index (χ2v) is 4.84. The Morgan fingerprint density at radius 3 is 2.61 bits per heavy atom. The van der Waals surface area contributed by atoms with Gasteiger partial charge in [-0.1, -0.05) is 5.16 Å². The van der Waals surface area contributed by atoms with Crippen LogP contribution < -0.4 is 10.6 Å². The second kappa shape index (κ2) is 8.04. The van der Waals surface area contributed by atoms with Gasteiger partial charge in [0.2, 0.25) is 0 Å². The number of methoxy groups -OCH3 is 1. The van der Waals surface area contributed by atoms with Gasteiger partial charge < -0.3 is 19.9 Å². The lowest BCUT2D eigenvalue weighted by Gasteiger charge is -2.06. The molecule has 23 heavy (non-hydrogen) atoms. The minimum atomic E-state index is -0.417. The van der Waals surface area contributed by atoms with Crippen molar-refractivity contribution in [3.05, 3.63) is 41.4 Å². The third-order valence-electron chi connectivity index (χ3n) is 2.94. The summed E-state index contributed by atoms with van der Waals surface area (Å²) in [5.74, 6) is 0.185. The molecule has 0 bridgehead atoms. The average Bonchev–Trinajstić information content (AvgIpc) is 2.96. The molecule has 0 aliphatic heterocycles. The molecule has 122 valence electrons. The Balaban J connectivity index is 1.98. The Kier molecular flexibility index (Phi) is 5.81. The molecule has 0 saturated carbocycles. The topological polar surface area (TPSA) is 106 Å². The van der Waals surface area contributed by atoms with E-state index in [1.807, 2.05) is 0 Å². The monoisotopic (exact) mass is 318 g/mol. The number of hydrogen-bond donors (Lipinski definition) is 2. The van der Waals surface area contributed by atoms with Gasteiger partial charge in [0.15, 0.2) is 5.82 Å². The van der Waals surface area contributed by atoms with E-state index in [-0.39, 0.29) is 11.5 Å². The minimum Gasteiger partial charge on any atom is -0.385 e. The first kappa shape index (κ1) is 16.6. The molecule has 0 aromatic carbocycles. The number of aryl methyl sites for hydroxylation is 1. The highest BCUT2D eigenvalue weighted by Gasteiger charge is 2.12. The number of carbonyl (C=O) groups is 2. The van der Waals surface area contributed by atoms with Crippen LogP contribution in [0, 0.1) is 6.92 Å². The first-order valence-corrected chi connectivity index (χ1v) is 7.07. The van der Waals surface area contributed by atoms with Crippen molar-refractivity contribution in [2.75, 3.05) is 25.6 Å². The van der Waals surface area contributed by atoms with Crippen LogP contribution in [-0.2, 0) is 4.74 Å². The van der Waals surface area contributed by atoms with Gasteiger partial charge in [0.05, 0.1) is 11.1 Å². The van der Waals surface area contributed by atoms with Gasteiger partial charge >= 0.3 is 0 Å². The van der Waals surface area contributed by atoms with Gasteiger partial charge in [0.25, 0.3) is 11.8 Å². The summed E-state index contributed by atoms with van der Waals surface area (Å²) in [6.45, 7) is 2.78. The number of nitrogens with one attached hydrogen (secondary N) is 2. The maximum absolute atomic E-state index is 12.1. The molecule has 0 spiro atoms. The normalized spacial score (nSPS) is 10.3. The molecule has 2 heterocycles. The first-order chi connectivity index (χ1) is 11.1. The molecule has 2 aromatic heterocycles. The molecule has 8 nitrogen and oxygen atoms in total. The van der Waals surface area contributed by atoms with Crippen LogP contribution in [0.15, 0.2) is 29.0 Å². The van der Waals surface area contributed by atoms with Crippen molar-refractivity contribution in [1.82, 2.24) is 15.5 Å². The van der Waals surface area contributed by atoms with Gasteiger partial charge in [0.1, 0.15) is 5.76 Å². The molecule has 8 heteroatoms. The van der Waals surface area contributed by atoms with Crippen molar-refractivity contribution in [2.45, 2.75) is 13.3 Å². The fourth-order valence-corrected chi connectivity index (χ4v) is 1.82. The zero-order valence-corrected chi connectivity index (χ0v) is 13.0. The molecular formula is C15H18N4O4. The minimum absolute atomic E-state index is 0.259. The average molecular weight is 318 g/mol. The Morgan fingerprint density at radius 1 is 1.22 bits per heavy atom. The number of amides is 2. The van der Waals surface area contributed by atoms with Crippen molar-refractivity contribution < 1.29 is 18.8 Å². The van der Waals surface area contributed by atoms with Crippen molar-refractivity contribution in [2.24, 2.45) is 0 Å². The second-order valence-electron chi connectivity index (χ2n) is 4.84. The van der Waals surface area contributed by atoms with Crippen LogP contribution in [0.1, 0.15) is 32.9 Å². The summed E-state index contributed by atoms with van der Waals surface area (Å²) in [7, 11) is 1.60. The number of pyridine rings is 1. The van der Waals surface area contributed by atoms with E-state index in [9.17, 15) is 9.59 Å². The number of anilines is 1. The van der Waals surface area contributed by atoms with E-state index in [1.54, 1.807) is 20.1 Å². The van der Waals surface area contributed by atoms with Gasteiger partial charge in [-0.25, -0.2) is 0 Å². The lowest BCUT2D eigenvalue weighted by molar-refractivity contribution is 0.0948. The molecule has 0 unspecified atom stereocenters. The van der Waals surface area contributed by atoms with Gasteiger partial charge in [-0.05, 0) is 19.4 Å². The Bertz CT molecular complexity index is 684. The lowest BCUT2D eigenvalue weighted by Crippen LogP contribution is -2.25. The summed E-state index contributed by atoms with van der Waals surface area (Å²) in [5.41, 5.74) is 0.571. The summed E-state index contributed by atoms with van der Waals surface area (Å²) in [5, 5.41) is 8.99. The summed E-state index contributed by atoms with van der Waals surface area (Å²) >= 11 is 0. The largest absolute Gasteiger partial charge is 0.385 e. The van der Waals surface area contributed by atoms with Crippen LogP contribution >= 0.6 is 0 Å². The van der Waals surface area contributed by atoms with E-state index in [4.69, 9.17) is 9.26 Å². The lowest BCUT2D eigenvalue weighted by atomic mass is 10.2. The molecule has 0 atom stereocenters. The van der Waals surface area contributed by atoms with Crippen molar-refractivity contribution in [3.8, 4) is 0 Å². The predicted octanol–water partition coefficient (Wildman–Crippen LogP) is 1.40. The zero-order valence-electron chi connectivity index (χ0n) is 13.0. The number of carbonyl (C=O) groups excluding carboxylic acids is 2. The number of ether oxygens (including phenoxy) is 1. The smallest absolute Gasteiger partial charge is 0.258 e. The van der Waals surface area contributed by atoms with E-state index in [1.165, 1.54) is 18.5 Å². The Hall–Kier alpha value is -2.74. The predicted molar refractivity (Wildman–Crippen MR) is 82.3 cm³/mol. The number of hydrogen-bond acceptors (Lipinski definition) is 6. The molecule has 0 aliphatic carbocycles. The highest BCUT2D eigenvalue weighted by Crippen LogP contribution is 2.10. The standard InChI is InChI=1S/C15H18N4O4/c1-10-6-13(19-23-10)18-15(21)12-7-11(8-16-9-12)14(20)17-4-3-5-22-2/h6-9H,3-5H2,1-2H3,(H,17,20)(H,18,19,21). The molecule has 0 radical (unpaired) electrons. The van der Waals surface area contributed by atoms with Crippen LogP contribution in [0.2, 0.25) is 0 Å².